The molecule has 0 fully saturated rings. The number of rotatable bonds is 6. The first kappa shape index (κ1) is 21.2. The van der Waals surface area contributed by atoms with E-state index < -0.39 is 11.7 Å². The molecule has 1 aliphatic heterocycles. The molecule has 6 nitrogen and oxygen atoms in total. The summed E-state index contributed by atoms with van der Waals surface area (Å²) in [6.07, 6.45) is 0.772. The number of carbonyl (C=O) groups is 2. The SMILES string of the molecule is CC(C)(C)OC(=O)NCCC(=O)NCC(C)(C)N1CCc2ccccc2C1. The first-order valence-electron chi connectivity index (χ1n) is 9.62. The van der Waals surface area contributed by atoms with Gasteiger partial charge in [0.2, 0.25) is 5.91 Å². The van der Waals surface area contributed by atoms with E-state index >= 15 is 0 Å². The van der Waals surface area contributed by atoms with E-state index in [0.29, 0.717) is 6.54 Å². The molecule has 150 valence electrons. The van der Waals surface area contributed by atoms with Crippen LogP contribution in [0.3, 0.4) is 0 Å². The molecule has 1 aliphatic rings. The number of amides is 2. The average molecular weight is 376 g/mol. The molecule has 2 amide bonds. The van der Waals surface area contributed by atoms with Gasteiger partial charge in [-0.05, 0) is 52.2 Å². The van der Waals surface area contributed by atoms with Gasteiger partial charge in [-0.2, -0.15) is 0 Å². The van der Waals surface area contributed by atoms with Crippen molar-refractivity contribution in [2.24, 2.45) is 0 Å². The minimum Gasteiger partial charge on any atom is -0.444 e. The zero-order valence-corrected chi connectivity index (χ0v) is 17.2. The zero-order valence-electron chi connectivity index (χ0n) is 17.2. The van der Waals surface area contributed by atoms with E-state index in [1.807, 2.05) is 0 Å². The minimum absolute atomic E-state index is 0.0726. The summed E-state index contributed by atoms with van der Waals surface area (Å²) < 4.78 is 5.15. The minimum atomic E-state index is -0.538. The molecule has 0 atom stereocenters. The van der Waals surface area contributed by atoms with Gasteiger partial charge >= 0.3 is 6.09 Å². The molecular formula is C21H33N3O3. The summed E-state index contributed by atoms with van der Waals surface area (Å²) in [5.41, 5.74) is 2.11. The highest BCUT2D eigenvalue weighted by Gasteiger charge is 2.30. The van der Waals surface area contributed by atoms with Crippen LogP contribution in [0.5, 0.6) is 0 Å². The molecule has 2 rings (SSSR count). The molecule has 1 aromatic carbocycles. The van der Waals surface area contributed by atoms with Crippen molar-refractivity contribution in [3.05, 3.63) is 35.4 Å². The van der Waals surface area contributed by atoms with Crippen LogP contribution in [0.2, 0.25) is 0 Å². The molecule has 0 bridgehead atoms. The first-order chi connectivity index (χ1) is 12.6. The lowest BCUT2D eigenvalue weighted by Crippen LogP contribution is -2.53. The van der Waals surface area contributed by atoms with E-state index in [-0.39, 0.29) is 24.4 Å². The van der Waals surface area contributed by atoms with Crippen LogP contribution >= 0.6 is 0 Å². The maximum atomic E-state index is 12.1. The lowest BCUT2D eigenvalue weighted by Gasteiger charge is -2.41. The summed E-state index contributed by atoms with van der Waals surface area (Å²) in [5, 5.41) is 5.60. The van der Waals surface area contributed by atoms with Crippen LogP contribution in [-0.2, 0) is 22.5 Å². The third-order valence-corrected chi connectivity index (χ3v) is 4.73. The van der Waals surface area contributed by atoms with Crippen molar-refractivity contribution in [3.63, 3.8) is 0 Å². The van der Waals surface area contributed by atoms with E-state index in [1.165, 1.54) is 11.1 Å². The maximum absolute atomic E-state index is 12.1. The van der Waals surface area contributed by atoms with Crippen molar-refractivity contribution in [1.29, 1.82) is 0 Å². The first-order valence-corrected chi connectivity index (χ1v) is 9.62. The number of carbonyl (C=O) groups excluding carboxylic acids is 2. The standard InChI is InChI=1S/C21H33N3O3/c1-20(2,3)27-19(26)22-12-10-18(25)23-15-21(4,5)24-13-11-16-8-6-7-9-17(16)14-24/h6-9H,10-15H2,1-5H3,(H,22,26)(H,23,25). The Bertz CT molecular complexity index is 665. The Kier molecular flexibility index (Phi) is 6.87. The lowest BCUT2D eigenvalue weighted by molar-refractivity contribution is -0.121. The number of nitrogens with zero attached hydrogens (tertiary/aromatic N) is 1. The van der Waals surface area contributed by atoms with Gasteiger partial charge in [0.1, 0.15) is 5.60 Å². The number of hydrogen-bond donors (Lipinski definition) is 2. The lowest BCUT2D eigenvalue weighted by atomic mass is 9.94. The molecule has 0 radical (unpaired) electrons. The third kappa shape index (κ3) is 6.86. The number of alkyl carbamates (subject to hydrolysis) is 1. The predicted octanol–water partition coefficient (Wildman–Crippen LogP) is 2.85. The zero-order chi connectivity index (χ0) is 20.1. The molecule has 0 aromatic heterocycles. The smallest absolute Gasteiger partial charge is 0.407 e. The Morgan fingerprint density at radius 1 is 1.07 bits per heavy atom. The Morgan fingerprint density at radius 3 is 2.41 bits per heavy atom. The molecular weight excluding hydrogens is 342 g/mol. The summed E-state index contributed by atoms with van der Waals surface area (Å²) in [5.74, 6) is -0.0726. The third-order valence-electron chi connectivity index (χ3n) is 4.73. The fourth-order valence-corrected chi connectivity index (χ4v) is 3.12. The Morgan fingerprint density at radius 2 is 1.74 bits per heavy atom. The maximum Gasteiger partial charge on any atom is 0.407 e. The molecule has 1 aromatic rings. The highest BCUT2D eigenvalue weighted by molar-refractivity contribution is 5.77. The van der Waals surface area contributed by atoms with Crippen molar-refractivity contribution in [1.82, 2.24) is 15.5 Å². The van der Waals surface area contributed by atoms with Crippen molar-refractivity contribution in [2.75, 3.05) is 19.6 Å². The van der Waals surface area contributed by atoms with Crippen LogP contribution in [0.15, 0.2) is 24.3 Å². The fraction of sp³-hybridized carbons (Fsp3) is 0.619. The van der Waals surface area contributed by atoms with Crippen LogP contribution in [0.25, 0.3) is 0 Å². The van der Waals surface area contributed by atoms with Crippen LogP contribution < -0.4 is 10.6 Å². The van der Waals surface area contributed by atoms with Crippen LogP contribution in [0.4, 0.5) is 4.79 Å². The van der Waals surface area contributed by atoms with E-state index in [0.717, 1.165) is 19.5 Å². The highest BCUT2D eigenvalue weighted by Crippen LogP contribution is 2.24. The molecule has 1 heterocycles. The highest BCUT2D eigenvalue weighted by atomic mass is 16.6. The molecule has 2 N–H and O–H groups in total. The topological polar surface area (TPSA) is 70.7 Å². The van der Waals surface area contributed by atoms with Gasteiger partial charge < -0.3 is 15.4 Å². The molecule has 0 spiro atoms. The van der Waals surface area contributed by atoms with Crippen molar-refractivity contribution in [2.45, 2.75) is 65.1 Å². The number of hydrogen-bond acceptors (Lipinski definition) is 4. The Balaban J connectivity index is 1.73. The molecule has 6 heteroatoms. The van der Waals surface area contributed by atoms with Crippen LogP contribution in [0, 0.1) is 0 Å². The van der Waals surface area contributed by atoms with Crippen molar-refractivity contribution < 1.29 is 14.3 Å². The molecule has 0 saturated carbocycles. The van der Waals surface area contributed by atoms with Gasteiger partial charge in [-0.3, -0.25) is 9.69 Å². The molecule has 27 heavy (non-hydrogen) atoms. The Hall–Kier alpha value is -2.08. The molecule has 0 aliphatic carbocycles. The number of nitrogens with one attached hydrogen (secondary N) is 2. The summed E-state index contributed by atoms with van der Waals surface area (Å²) >= 11 is 0. The van der Waals surface area contributed by atoms with Gasteiger partial charge in [-0.25, -0.2) is 4.79 Å². The van der Waals surface area contributed by atoms with Gasteiger partial charge in [-0.15, -0.1) is 0 Å². The molecule has 0 saturated heterocycles. The van der Waals surface area contributed by atoms with Gasteiger partial charge in [0.15, 0.2) is 0 Å². The average Bonchev–Trinajstić information content (AvgIpc) is 2.58. The van der Waals surface area contributed by atoms with Gasteiger partial charge in [-0.1, -0.05) is 24.3 Å². The largest absolute Gasteiger partial charge is 0.444 e. The number of benzene rings is 1. The summed E-state index contributed by atoms with van der Waals surface area (Å²) in [6.45, 7) is 12.4. The number of ether oxygens (including phenoxy) is 1. The second-order valence-electron chi connectivity index (χ2n) is 8.71. The summed E-state index contributed by atoms with van der Waals surface area (Å²) in [6, 6.07) is 8.54. The second kappa shape index (κ2) is 8.74. The molecule has 0 unspecified atom stereocenters. The van der Waals surface area contributed by atoms with Crippen LogP contribution in [-0.4, -0.2) is 47.7 Å². The van der Waals surface area contributed by atoms with Gasteiger partial charge in [0, 0.05) is 38.1 Å². The van der Waals surface area contributed by atoms with E-state index in [9.17, 15) is 9.59 Å². The van der Waals surface area contributed by atoms with E-state index in [4.69, 9.17) is 4.74 Å². The van der Waals surface area contributed by atoms with E-state index in [2.05, 4.69) is 53.6 Å². The number of fused-ring (bicyclic) bond motifs is 1. The Labute approximate surface area is 162 Å². The quantitative estimate of drug-likeness (QED) is 0.802. The van der Waals surface area contributed by atoms with Crippen LogP contribution in [0.1, 0.15) is 52.2 Å². The van der Waals surface area contributed by atoms with Gasteiger partial charge in [0.05, 0.1) is 0 Å². The van der Waals surface area contributed by atoms with E-state index in [1.54, 1.807) is 20.8 Å². The second-order valence-corrected chi connectivity index (χ2v) is 8.71. The van der Waals surface area contributed by atoms with Crippen molar-refractivity contribution >= 4 is 12.0 Å². The predicted molar refractivity (Wildman–Crippen MR) is 106 cm³/mol. The fourth-order valence-electron chi connectivity index (χ4n) is 3.12. The van der Waals surface area contributed by atoms with Gasteiger partial charge in [0.25, 0.3) is 0 Å². The normalized spacial score (nSPS) is 15.0. The summed E-state index contributed by atoms with van der Waals surface area (Å²) in [7, 11) is 0. The summed E-state index contributed by atoms with van der Waals surface area (Å²) in [4.78, 5) is 26.1. The monoisotopic (exact) mass is 375 g/mol. The van der Waals surface area contributed by atoms with Crippen molar-refractivity contribution in [3.8, 4) is 0 Å².